The summed E-state index contributed by atoms with van der Waals surface area (Å²) in [7, 11) is 0. The monoisotopic (exact) mass is 1140 g/mol. The Hall–Kier alpha value is -2.64. The fraction of sp³-hybridized carbons (Fsp3) is 0.889. The van der Waals surface area contributed by atoms with Crippen LogP contribution in [0, 0.1) is 47.3 Å². The molecular weight excluding hydrogens is 993 g/mol. The predicted octanol–water partition coefficient (Wildman–Crippen LogP) is 22.3. The van der Waals surface area contributed by atoms with Gasteiger partial charge in [-0.2, -0.15) is 0 Å². The molecule has 8 nitrogen and oxygen atoms in total. The first kappa shape index (κ1) is 93.8. The highest BCUT2D eigenvalue weighted by Gasteiger charge is 2.10. The summed E-state index contributed by atoms with van der Waals surface area (Å²) in [6.07, 6.45) is 38.2. The van der Waals surface area contributed by atoms with Crippen molar-refractivity contribution < 1.29 is 38.4 Å². The van der Waals surface area contributed by atoms with Crippen molar-refractivity contribution >= 4 is 46.3 Å². The van der Waals surface area contributed by atoms with Gasteiger partial charge in [0.2, 0.25) is 0 Å². The second kappa shape index (κ2) is 72.5. The second-order valence-electron chi connectivity index (χ2n) is 24.1. The molecule has 0 bridgehead atoms. The van der Waals surface area contributed by atoms with Gasteiger partial charge in [0, 0.05) is 47.3 Å². The Bertz CT molecular complexity index is 1090. The molecule has 480 valence electrons. The first-order valence-corrected chi connectivity index (χ1v) is 33.5. The summed E-state index contributed by atoms with van der Waals surface area (Å²) in [4.78, 5) is 85.9. The summed E-state index contributed by atoms with van der Waals surface area (Å²) >= 11 is 0. The number of Topliss-reactive ketones (excluding diaryl/α,β-unsaturated/α-hetero) is 8. The van der Waals surface area contributed by atoms with Crippen LogP contribution in [0.4, 0.5) is 0 Å². The molecule has 0 aromatic rings. The summed E-state index contributed by atoms with van der Waals surface area (Å²) in [5, 5.41) is 0. The molecule has 0 aliphatic heterocycles. The molecule has 0 aliphatic carbocycles. The zero-order valence-electron chi connectivity index (χ0n) is 58.5. The molecule has 8 heteroatoms. The minimum atomic E-state index is 0.284. The molecule has 0 rings (SSSR count). The van der Waals surface area contributed by atoms with Gasteiger partial charge in [-0.25, -0.2) is 0 Å². The Labute approximate surface area is 501 Å². The van der Waals surface area contributed by atoms with Gasteiger partial charge in [0.1, 0.15) is 46.3 Å². The first-order chi connectivity index (χ1) is 37.4. The lowest BCUT2D eigenvalue weighted by Gasteiger charge is -2.04. The van der Waals surface area contributed by atoms with E-state index in [-0.39, 0.29) is 47.3 Å². The summed E-state index contributed by atoms with van der Waals surface area (Å²) in [6.45, 7) is 46.9. The average Bonchev–Trinajstić information content (AvgIpc) is 3.40. The maximum Gasteiger partial charge on any atom is 0.132 e. The van der Waals surface area contributed by atoms with Gasteiger partial charge in [-0.05, 0) is 107 Å². The highest BCUT2D eigenvalue weighted by Crippen LogP contribution is 2.15. The topological polar surface area (TPSA) is 137 Å². The van der Waals surface area contributed by atoms with Crippen LogP contribution in [0.1, 0.15) is 372 Å². The SMILES string of the molecule is CCCCC[C@@H](C)C(C)=O.CCCCC[C@@H](C)C(C)=O.CCCCC[C@@H](C)C(C)=O.CCCCC[C@@H](C)C(C)=O.CCCCC[C@@H](C)C(C)=O.CCCCC[C@@H](C)C(C)=O.CCCCC[C@@H](C)C(C)=O.CCCCC[C@@H](C)C(C)=O. The third-order valence-corrected chi connectivity index (χ3v) is 15.5. The fourth-order valence-corrected chi connectivity index (χ4v) is 7.23. The van der Waals surface area contributed by atoms with Gasteiger partial charge >= 0.3 is 0 Å². The fourth-order valence-electron chi connectivity index (χ4n) is 7.23. The van der Waals surface area contributed by atoms with E-state index in [1.165, 1.54) is 154 Å². The molecule has 0 fully saturated rings. The number of carbonyl (C=O) groups excluding carboxylic acids is 8. The van der Waals surface area contributed by atoms with Crippen molar-refractivity contribution in [2.24, 2.45) is 47.3 Å². The molecule has 0 saturated heterocycles. The Kier molecular flexibility index (Phi) is 84.9. The molecule has 8 atom stereocenters. The van der Waals surface area contributed by atoms with Crippen LogP contribution in [0.15, 0.2) is 0 Å². The molecule has 0 amide bonds. The lowest BCUT2D eigenvalue weighted by molar-refractivity contribution is -0.121. The lowest BCUT2D eigenvalue weighted by atomic mass is 10.0. The second-order valence-corrected chi connectivity index (χ2v) is 24.1. The largest absolute Gasteiger partial charge is 0.300 e. The van der Waals surface area contributed by atoms with E-state index < -0.39 is 0 Å². The quantitative estimate of drug-likeness (QED) is 0.0553. The van der Waals surface area contributed by atoms with Gasteiger partial charge in [0.15, 0.2) is 0 Å². The normalized spacial score (nSPS) is 13.1. The zero-order valence-corrected chi connectivity index (χ0v) is 58.5. The van der Waals surface area contributed by atoms with Crippen LogP contribution < -0.4 is 0 Å². The Morgan fingerprint density at radius 2 is 0.250 bits per heavy atom. The van der Waals surface area contributed by atoms with Gasteiger partial charge in [0.05, 0.1) is 0 Å². The summed E-state index contributed by atoms with van der Waals surface area (Å²) in [5.41, 5.74) is 0. The minimum Gasteiger partial charge on any atom is -0.300 e. The third kappa shape index (κ3) is 86.6. The van der Waals surface area contributed by atoms with Gasteiger partial charge in [-0.15, -0.1) is 0 Å². The molecule has 0 unspecified atom stereocenters. The van der Waals surface area contributed by atoms with Crippen molar-refractivity contribution in [3.63, 3.8) is 0 Å². The van der Waals surface area contributed by atoms with E-state index >= 15 is 0 Å². The molecule has 0 N–H and O–H groups in total. The van der Waals surface area contributed by atoms with Crippen molar-refractivity contribution in [2.75, 3.05) is 0 Å². The van der Waals surface area contributed by atoms with Crippen LogP contribution in [-0.2, 0) is 38.4 Å². The van der Waals surface area contributed by atoms with E-state index in [4.69, 9.17) is 0 Å². The van der Waals surface area contributed by atoms with Gasteiger partial charge in [-0.1, -0.05) is 265 Å². The predicted molar refractivity (Wildman–Crippen MR) is 352 cm³/mol. The summed E-state index contributed by atoms with van der Waals surface area (Å²) in [6, 6.07) is 0. The van der Waals surface area contributed by atoms with Crippen molar-refractivity contribution in [2.45, 2.75) is 372 Å². The van der Waals surface area contributed by atoms with E-state index in [2.05, 4.69) is 55.4 Å². The highest BCUT2D eigenvalue weighted by molar-refractivity contribution is 5.80. The van der Waals surface area contributed by atoms with E-state index in [1.54, 1.807) is 55.4 Å². The number of hydrogen-bond acceptors (Lipinski definition) is 8. The lowest BCUT2D eigenvalue weighted by Crippen LogP contribution is -2.05. The van der Waals surface area contributed by atoms with E-state index in [0.29, 0.717) is 46.3 Å². The number of carbonyl (C=O) groups is 8. The Morgan fingerprint density at radius 3 is 0.300 bits per heavy atom. The molecule has 0 aromatic carbocycles. The van der Waals surface area contributed by atoms with E-state index in [9.17, 15) is 38.4 Å². The Balaban J connectivity index is -0.000000123. The van der Waals surface area contributed by atoms with Gasteiger partial charge in [-0.3, -0.25) is 38.4 Å². The van der Waals surface area contributed by atoms with Crippen LogP contribution in [-0.4, -0.2) is 46.3 Å². The molecular formula is C72H144O8. The van der Waals surface area contributed by atoms with E-state index in [0.717, 1.165) is 51.4 Å². The number of rotatable bonds is 40. The van der Waals surface area contributed by atoms with Crippen molar-refractivity contribution in [1.82, 2.24) is 0 Å². The van der Waals surface area contributed by atoms with Crippen LogP contribution in [0.3, 0.4) is 0 Å². The number of ketones is 8. The molecule has 80 heavy (non-hydrogen) atoms. The first-order valence-electron chi connectivity index (χ1n) is 33.5. The number of unbranched alkanes of at least 4 members (excludes halogenated alkanes) is 16. The highest BCUT2D eigenvalue weighted by atomic mass is 16.2. The van der Waals surface area contributed by atoms with E-state index in [1.807, 2.05) is 55.4 Å². The van der Waals surface area contributed by atoms with Crippen molar-refractivity contribution in [1.29, 1.82) is 0 Å². The standard InChI is InChI=1S/8C9H18O/c8*1-4-5-6-7-8(2)9(3)10/h8*8H,4-7H2,1-3H3/t8*8-/m11111111/s1. The summed E-state index contributed by atoms with van der Waals surface area (Å²) < 4.78 is 0. The molecule has 0 spiro atoms. The molecule has 0 aliphatic rings. The van der Waals surface area contributed by atoms with Crippen LogP contribution in [0.5, 0.6) is 0 Å². The maximum absolute atomic E-state index is 10.7. The summed E-state index contributed by atoms with van der Waals surface area (Å²) in [5.74, 6) is 4.91. The van der Waals surface area contributed by atoms with Crippen molar-refractivity contribution in [3.05, 3.63) is 0 Å². The van der Waals surface area contributed by atoms with Gasteiger partial charge in [0.25, 0.3) is 0 Å². The minimum absolute atomic E-state index is 0.284. The Morgan fingerprint density at radius 1 is 0.175 bits per heavy atom. The molecule has 0 aromatic heterocycles. The van der Waals surface area contributed by atoms with Crippen LogP contribution >= 0.6 is 0 Å². The van der Waals surface area contributed by atoms with Crippen LogP contribution in [0.2, 0.25) is 0 Å². The molecule has 0 heterocycles. The van der Waals surface area contributed by atoms with Crippen LogP contribution in [0.25, 0.3) is 0 Å². The van der Waals surface area contributed by atoms with Gasteiger partial charge < -0.3 is 0 Å². The average molecular weight is 1140 g/mol. The smallest absolute Gasteiger partial charge is 0.132 e. The van der Waals surface area contributed by atoms with Crippen molar-refractivity contribution in [3.8, 4) is 0 Å². The third-order valence-electron chi connectivity index (χ3n) is 15.5. The maximum atomic E-state index is 10.7. The number of hydrogen-bond donors (Lipinski definition) is 0. The zero-order chi connectivity index (χ0) is 63.9. The molecule has 0 saturated carbocycles. The molecule has 0 radical (unpaired) electrons.